The van der Waals surface area contributed by atoms with Crippen molar-refractivity contribution in [3.63, 3.8) is 0 Å². The van der Waals surface area contributed by atoms with Crippen molar-refractivity contribution in [1.82, 2.24) is 15.3 Å². The van der Waals surface area contributed by atoms with Crippen LogP contribution in [-0.2, 0) is 4.79 Å². The van der Waals surface area contributed by atoms with Gasteiger partial charge in [-0.05, 0) is 38.0 Å². The van der Waals surface area contributed by atoms with Crippen LogP contribution in [0.5, 0.6) is 5.75 Å². The quantitative estimate of drug-likeness (QED) is 0.527. The van der Waals surface area contributed by atoms with Crippen LogP contribution in [0.2, 0.25) is 0 Å². The summed E-state index contributed by atoms with van der Waals surface area (Å²) >= 11 is 0. The number of rotatable bonds is 7. The number of hydrogen-bond acceptors (Lipinski definition) is 8. The molecule has 3 N–H and O–H groups in total. The van der Waals surface area contributed by atoms with E-state index in [0.717, 1.165) is 30.6 Å². The summed E-state index contributed by atoms with van der Waals surface area (Å²) in [6.45, 7) is 0.929. The number of aliphatic hydroxyl groups is 1. The number of ether oxygens (including phenoxy) is 1. The van der Waals surface area contributed by atoms with Gasteiger partial charge in [-0.1, -0.05) is 12.8 Å². The van der Waals surface area contributed by atoms with Gasteiger partial charge in [0, 0.05) is 25.2 Å². The van der Waals surface area contributed by atoms with Gasteiger partial charge in [-0.15, -0.1) is 0 Å². The molecule has 1 aromatic carbocycles. The highest BCUT2D eigenvalue weighted by Crippen LogP contribution is 2.40. The zero-order valence-corrected chi connectivity index (χ0v) is 20.4. The molecule has 1 aromatic heterocycles. The molecular weight excluding hydrogens is 474 g/mol. The predicted octanol–water partition coefficient (Wildman–Crippen LogP) is 2.70. The first kappa shape index (κ1) is 25.5. The van der Waals surface area contributed by atoms with E-state index in [0.29, 0.717) is 17.0 Å². The summed E-state index contributed by atoms with van der Waals surface area (Å²) in [5, 5.41) is 15.0. The molecule has 2 aromatic rings. The largest absolute Gasteiger partial charge is 0.495 e. The number of aliphatic hydroxyl groups excluding tert-OH is 1. The molecule has 36 heavy (non-hydrogen) atoms. The van der Waals surface area contributed by atoms with Crippen LogP contribution in [-0.4, -0.2) is 72.2 Å². The molecule has 12 heteroatoms. The predicted molar refractivity (Wildman–Crippen MR) is 130 cm³/mol. The SMILES string of the molecule is COc1cc(C(=O)NC[C@H](C)O)ccc1Nc1ncc2c(n1)N(C1CCCC1)CC(F)(F)C(=O)N2C. The highest BCUT2D eigenvalue weighted by atomic mass is 19.3. The van der Waals surface area contributed by atoms with E-state index in [4.69, 9.17) is 4.74 Å². The van der Waals surface area contributed by atoms with Gasteiger partial charge in [-0.3, -0.25) is 9.59 Å². The van der Waals surface area contributed by atoms with Gasteiger partial charge in [0.2, 0.25) is 5.95 Å². The van der Waals surface area contributed by atoms with E-state index in [1.165, 1.54) is 31.3 Å². The van der Waals surface area contributed by atoms with Crippen LogP contribution < -0.4 is 25.2 Å². The van der Waals surface area contributed by atoms with Crippen molar-refractivity contribution in [3.8, 4) is 5.75 Å². The summed E-state index contributed by atoms with van der Waals surface area (Å²) in [6, 6.07) is 4.57. The Morgan fingerprint density at radius 2 is 2.06 bits per heavy atom. The minimum atomic E-state index is -3.56. The average molecular weight is 505 g/mol. The minimum Gasteiger partial charge on any atom is -0.495 e. The average Bonchev–Trinajstić information content (AvgIpc) is 3.37. The number of carbonyl (C=O) groups excluding carboxylic acids is 2. The van der Waals surface area contributed by atoms with E-state index >= 15 is 0 Å². The Labute approximate surface area is 207 Å². The fourth-order valence-electron chi connectivity index (χ4n) is 4.50. The summed E-state index contributed by atoms with van der Waals surface area (Å²) in [6.07, 6.45) is 4.02. The smallest absolute Gasteiger partial charge is 0.342 e. The third-order valence-corrected chi connectivity index (χ3v) is 6.40. The van der Waals surface area contributed by atoms with Crippen LogP contribution >= 0.6 is 0 Å². The van der Waals surface area contributed by atoms with Crippen LogP contribution in [0.1, 0.15) is 43.0 Å². The molecule has 2 heterocycles. The molecule has 0 saturated heterocycles. The lowest BCUT2D eigenvalue weighted by atomic mass is 10.1. The van der Waals surface area contributed by atoms with E-state index in [-0.39, 0.29) is 35.9 Å². The lowest BCUT2D eigenvalue weighted by Gasteiger charge is -2.31. The number of carbonyl (C=O) groups is 2. The van der Waals surface area contributed by atoms with Gasteiger partial charge in [-0.2, -0.15) is 13.8 Å². The van der Waals surface area contributed by atoms with E-state index in [1.54, 1.807) is 19.1 Å². The van der Waals surface area contributed by atoms with E-state index in [9.17, 15) is 23.5 Å². The second-order valence-corrected chi connectivity index (χ2v) is 9.14. The summed E-state index contributed by atoms with van der Waals surface area (Å²) in [7, 11) is 2.74. The van der Waals surface area contributed by atoms with Gasteiger partial charge in [0.15, 0.2) is 5.82 Å². The number of halogens is 2. The number of fused-ring (bicyclic) bond motifs is 1. The number of nitrogens with one attached hydrogen (secondary N) is 2. The van der Waals surface area contributed by atoms with Gasteiger partial charge in [0.05, 0.1) is 31.6 Å². The van der Waals surface area contributed by atoms with Crippen LogP contribution in [0, 0.1) is 0 Å². The summed E-state index contributed by atoms with van der Waals surface area (Å²) < 4.78 is 34.9. The van der Waals surface area contributed by atoms with Gasteiger partial charge < -0.3 is 30.3 Å². The van der Waals surface area contributed by atoms with Crippen molar-refractivity contribution in [2.75, 3.05) is 42.4 Å². The molecule has 194 valence electrons. The normalized spacial score (nSPS) is 18.4. The van der Waals surface area contributed by atoms with Crippen LogP contribution in [0.4, 0.5) is 31.9 Å². The standard InChI is InChI=1S/C24H30F2N6O4/c1-14(33)11-27-21(34)15-8-9-17(19(10-15)36-3)29-23-28-12-18-20(30-23)32(16-6-4-5-7-16)13-24(25,26)22(35)31(18)2/h8-10,12,14,16,33H,4-7,11,13H2,1-3H3,(H,27,34)(H,28,29,30)/t14-/m0/s1. The van der Waals surface area contributed by atoms with Gasteiger partial charge in [0.1, 0.15) is 11.4 Å². The van der Waals surface area contributed by atoms with Crippen LogP contribution in [0.25, 0.3) is 0 Å². The van der Waals surface area contributed by atoms with Crippen molar-refractivity contribution in [2.45, 2.75) is 50.7 Å². The van der Waals surface area contributed by atoms with Gasteiger partial charge in [0.25, 0.3) is 11.8 Å². The number of nitrogens with zero attached hydrogens (tertiary/aromatic N) is 4. The zero-order valence-electron chi connectivity index (χ0n) is 20.4. The molecule has 0 radical (unpaired) electrons. The van der Waals surface area contributed by atoms with E-state index in [2.05, 4.69) is 20.6 Å². The molecule has 0 spiro atoms. The molecule has 2 amide bonds. The first-order valence-corrected chi connectivity index (χ1v) is 11.8. The molecule has 10 nitrogen and oxygen atoms in total. The Balaban J connectivity index is 1.65. The molecule has 1 atom stereocenters. The van der Waals surface area contributed by atoms with E-state index in [1.807, 2.05) is 0 Å². The number of anilines is 4. The fraction of sp³-hybridized carbons (Fsp3) is 0.500. The van der Waals surface area contributed by atoms with Crippen molar-refractivity contribution < 1.29 is 28.2 Å². The Bertz CT molecular complexity index is 1140. The maximum absolute atomic E-state index is 14.8. The van der Waals surface area contributed by atoms with Crippen molar-refractivity contribution in [2.24, 2.45) is 0 Å². The lowest BCUT2D eigenvalue weighted by Crippen LogP contribution is -2.48. The van der Waals surface area contributed by atoms with Gasteiger partial charge in [-0.25, -0.2) is 4.98 Å². The fourth-order valence-corrected chi connectivity index (χ4v) is 4.50. The third-order valence-electron chi connectivity index (χ3n) is 6.40. The van der Waals surface area contributed by atoms with Gasteiger partial charge >= 0.3 is 5.92 Å². The monoisotopic (exact) mass is 504 g/mol. The zero-order chi connectivity index (χ0) is 26.0. The van der Waals surface area contributed by atoms with Crippen LogP contribution in [0.3, 0.4) is 0 Å². The number of benzene rings is 1. The highest BCUT2D eigenvalue weighted by molar-refractivity contribution is 6.02. The molecule has 1 aliphatic heterocycles. The number of alkyl halides is 2. The Morgan fingerprint density at radius 1 is 1.33 bits per heavy atom. The number of amides is 2. The molecule has 1 aliphatic carbocycles. The molecule has 0 unspecified atom stereocenters. The van der Waals surface area contributed by atoms with Crippen molar-refractivity contribution >= 4 is 35.0 Å². The topological polar surface area (TPSA) is 120 Å². The second kappa shape index (κ2) is 10.2. The maximum atomic E-state index is 14.8. The Hall–Kier alpha value is -3.54. The third kappa shape index (κ3) is 5.18. The molecule has 4 rings (SSSR count). The number of methoxy groups -OCH3 is 1. The van der Waals surface area contributed by atoms with Crippen molar-refractivity contribution in [1.29, 1.82) is 0 Å². The van der Waals surface area contributed by atoms with E-state index < -0.39 is 24.5 Å². The van der Waals surface area contributed by atoms with Crippen molar-refractivity contribution in [3.05, 3.63) is 30.0 Å². The highest BCUT2D eigenvalue weighted by Gasteiger charge is 2.48. The summed E-state index contributed by atoms with van der Waals surface area (Å²) in [4.78, 5) is 36.0. The maximum Gasteiger partial charge on any atom is 0.342 e. The molecule has 1 fully saturated rings. The molecular formula is C24H30F2N6O4. The Morgan fingerprint density at radius 3 is 2.72 bits per heavy atom. The lowest BCUT2D eigenvalue weighted by molar-refractivity contribution is -0.140. The minimum absolute atomic E-state index is 0.109. The molecule has 1 saturated carbocycles. The molecule has 2 aliphatic rings. The first-order chi connectivity index (χ1) is 17.1. The summed E-state index contributed by atoms with van der Waals surface area (Å²) in [5.74, 6) is -4.49. The first-order valence-electron chi connectivity index (χ1n) is 11.8. The number of hydrogen-bond donors (Lipinski definition) is 3. The summed E-state index contributed by atoms with van der Waals surface area (Å²) in [5.41, 5.74) is 1.00. The second-order valence-electron chi connectivity index (χ2n) is 9.14. The number of aromatic nitrogens is 2. The molecule has 0 bridgehead atoms. The Kier molecular flexibility index (Phi) is 7.25. The van der Waals surface area contributed by atoms with Crippen LogP contribution in [0.15, 0.2) is 24.4 Å².